The zero-order valence-corrected chi connectivity index (χ0v) is 12.2. The van der Waals surface area contributed by atoms with Crippen LogP contribution in [0.15, 0.2) is 18.2 Å². The summed E-state index contributed by atoms with van der Waals surface area (Å²) in [7, 11) is 3.80. The zero-order valence-electron chi connectivity index (χ0n) is 12.2. The average Bonchev–Trinajstić information content (AvgIpc) is 3.27. The second-order valence-corrected chi connectivity index (χ2v) is 5.34. The molecule has 1 atom stereocenters. The fraction of sp³-hybridized carbons (Fsp3) is 0.571. The van der Waals surface area contributed by atoms with E-state index in [2.05, 4.69) is 29.5 Å². The van der Waals surface area contributed by atoms with Crippen molar-refractivity contribution in [2.45, 2.75) is 31.8 Å². The van der Waals surface area contributed by atoms with Crippen LogP contribution in [0.3, 0.4) is 0 Å². The summed E-state index contributed by atoms with van der Waals surface area (Å²) in [5, 5.41) is 17.3. The molecule has 0 saturated heterocycles. The fourth-order valence-electron chi connectivity index (χ4n) is 2.33. The molecule has 1 saturated carbocycles. The number of nitrogens with one attached hydrogen (secondary N) is 2. The molecule has 1 unspecified atom stereocenters. The van der Waals surface area contributed by atoms with E-state index in [4.69, 9.17) is 0 Å². The number of likely N-dealkylation sites (N-methyl/N-ethyl adjacent to an activating group) is 1. The molecule has 6 heteroatoms. The third kappa shape index (κ3) is 3.19. The van der Waals surface area contributed by atoms with Gasteiger partial charge in [-0.1, -0.05) is 6.07 Å². The molecular formula is C14H22N4O2. The lowest BCUT2D eigenvalue weighted by Crippen LogP contribution is -2.36. The number of hydrogen-bond donors (Lipinski definition) is 2. The number of nitro benzene ring substituents is 1. The van der Waals surface area contributed by atoms with E-state index in [0.717, 1.165) is 0 Å². The van der Waals surface area contributed by atoms with Crippen molar-refractivity contribution in [3.05, 3.63) is 28.3 Å². The molecule has 1 aromatic rings. The molecule has 20 heavy (non-hydrogen) atoms. The molecular weight excluding hydrogens is 256 g/mol. The lowest BCUT2D eigenvalue weighted by molar-refractivity contribution is -0.383. The van der Waals surface area contributed by atoms with Crippen LogP contribution in [0.1, 0.15) is 19.8 Å². The van der Waals surface area contributed by atoms with Crippen molar-refractivity contribution in [1.29, 1.82) is 0 Å². The molecule has 0 radical (unpaired) electrons. The van der Waals surface area contributed by atoms with Gasteiger partial charge >= 0.3 is 5.69 Å². The van der Waals surface area contributed by atoms with Crippen LogP contribution in [0.2, 0.25) is 0 Å². The van der Waals surface area contributed by atoms with E-state index in [0.29, 0.717) is 30.0 Å². The summed E-state index contributed by atoms with van der Waals surface area (Å²) in [4.78, 5) is 13.2. The molecule has 2 N–H and O–H groups in total. The van der Waals surface area contributed by atoms with Gasteiger partial charge in [0.2, 0.25) is 0 Å². The second kappa shape index (κ2) is 6.09. The number of para-hydroxylation sites is 1. The van der Waals surface area contributed by atoms with Crippen molar-refractivity contribution < 1.29 is 4.92 Å². The Labute approximate surface area is 119 Å². The van der Waals surface area contributed by atoms with Gasteiger partial charge in [-0.05, 0) is 38.9 Å². The van der Waals surface area contributed by atoms with Crippen LogP contribution in [0, 0.1) is 10.1 Å². The Bertz CT molecular complexity index is 488. The van der Waals surface area contributed by atoms with Crippen LogP contribution in [0.4, 0.5) is 17.1 Å². The Balaban J connectivity index is 2.06. The fourth-order valence-corrected chi connectivity index (χ4v) is 2.33. The number of nitrogens with zero attached hydrogens (tertiary/aromatic N) is 2. The van der Waals surface area contributed by atoms with Gasteiger partial charge in [-0.2, -0.15) is 0 Å². The first kappa shape index (κ1) is 14.6. The first-order valence-corrected chi connectivity index (χ1v) is 6.95. The minimum atomic E-state index is -0.344. The highest BCUT2D eigenvalue weighted by Crippen LogP contribution is 2.33. The average molecular weight is 278 g/mol. The van der Waals surface area contributed by atoms with Gasteiger partial charge in [0.15, 0.2) is 0 Å². The molecule has 6 nitrogen and oxygen atoms in total. The number of anilines is 2. The van der Waals surface area contributed by atoms with Gasteiger partial charge < -0.3 is 10.6 Å². The number of rotatable bonds is 7. The van der Waals surface area contributed by atoms with Crippen LogP contribution in [-0.4, -0.2) is 42.5 Å². The Morgan fingerprint density at radius 1 is 1.45 bits per heavy atom. The van der Waals surface area contributed by atoms with Crippen LogP contribution in [0.25, 0.3) is 0 Å². The van der Waals surface area contributed by atoms with Crippen molar-refractivity contribution in [3.8, 4) is 0 Å². The van der Waals surface area contributed by atoms with E-state index in [1.54, 1.807) is 19.2 Å². The van der Waals surface area contributed by atoms with Crippen LogP contribution < -0.4 is 10.6 Å². The summed E-state index contributed by atoms with van der Waals surface area (Å²) in [5.74, 6) is 0. The minimum Gasteiger partial charge on any atom is -0.382 e. The van der Waals surface area contributed by atoms with Crippen molar-refractivity contribution in [1.82, 2.24) is 4.90 Å². The maximum absolute atomic E-state index is 11.2. The molecule has 0 aliphatic heterocycles. The minimum absolute atomic E-state index is 0.108. The lowest BCUT2D eigenvalue weighted by Gasteiger charge is -2.25. The molecule has 0 aromatic heterocycles. The Hall–Kier alpha value is -1.82. The van der Waals surface area contributed by atoms with Crippen LogP contribution in [0.5, 0.6) is 0 Å². The van der Waals surface area contributed by atoms with E-state index >= 15 is 0 Å². The third-order valence-corrected chi connectivity index (χ3v) is 3.89. The molecule has 0 spiro atoms. The molecule has 0 bridgehead atoms. The van der Waals surface area contributed by atoms with Crippen molar-refractivity contribution in [2.75, 3.05) is 31.3 Å². The highest BCUT2D eigenvalue weighted by atomic mass is 16.6. The van der Waals surface area contributed by atoms with Gasteiger partial charge in [0.1, 0.15) is 11.4 Å². The van der Waals surface area contributed by atoms with Crippen molar-refractivity contribution in [3.63, 3.8) is 0 Å². The second-order valence-electron chi connectivity index (χ2n) is 5.34. The molecule has 1 aromatic carbocycles. The summed E-state index contributed by atoms with van der Waals surface area (Å²) >= 11 is 0. The number of benzene rings is 1. The van der Waals surface area contributed by atoms with Crippen molar-refractivity contribution in [2.24, 2.45) is 0 Å². The molecule has 1 fully saturated rings. The Kier molecular flexibility index (Phi) is 4.44. The standard InChI is InChI=1S/C14H22N4O2/c1-10(17(3)11-7-8-11)9-16-13-6-4-5-12(15-2)14(13)18(19)20/h4-6,10-11,15-16H,7-9H2,1-3H3. The third-order valence-electron chi connectivity index (χ3n) is 3.89. The number of hydrogen-bond acceptors (Lipinski definition) is 5. The van der Waals surface area contributed by atoms with Gasteiger partial charge in [0, 0.05) is 25.7 Å². The number of nitro groups is 1. The smallest absolute Gasteiger partial charge is 0.315 e. The first-order chi connectivity index (χ1) is 9.54. The van der Waals surface area contributed by atoms with E-state index < -0.39 is 0 Å². The van der Waals surface area contributed by atoms with E-state index in [1.807, 2.05) is 6.07 Å². The van der Waals surface area contributed by atoms with Gasteiger partial charge in [-0.15, -0.1) is 0 Å². The molecule has 110 valence electrons. The zero-order chi connectivity index (χ0) is 14.7. The van der Waals surface area contributed by atoms with E-state index in [-0.39, 0.29) is 10.6 Å². The van der Waals surface area contributed by atoms with Gasteiger partial charge in [0.25, 0.3) is 0 Å². The summed E-state index contributed by atoms with van der Waals surface area (Å²) in [6, 6.07) is 6.31. The van der Waals surface area contributed by atoms with Gasteiger partial charge in [-0.25, -0.2) is 0 Å². The quantitative estimate of drug-likeness (QED) is 0.592. The summed E-state index contributed by atoms with van der Waals surface area (Å²) in [6.07, 6.45) is 2.52. The predicted octanol–water partition coefficient (Wildman–Crippen LogP) is 2.53. The summed E-state index contributed by atoms with van der Waals surface area (Å²) in [5.41, 5.74) is 1.21. The van der Waals surface area contributed by atoms with Crippen LogP contribution in [-0.2, 0) is 0 Å². The maximum atomic E-state index is 11.2. The maximum Gasteiger partial charge on any atom is 0.315 e. The summed E-state index contributed by atoms with van der Waals surface area (Å²) in [6.45, 7) is 2.83. The van der Waals surface area contributed by atoms with E-state index in [1.165, 1.54) is 12.8 Å². The first-order valence-electron chi connectivity index (χ1n) is 6.95. The lowest BCUT2D eigenvalue weighted by atomic mass is 10.2. The highest BCUT2D eigenvalue weighted by molar-refractivity contribution is 5.76. The summed E-state index contributed by atoms with van der Waals surface area (Å²) < 4.78 is 0. The van der Waals surface area contributed by atoms with Gasteiger partial charge in [0.05, 0.1) is 4.92 Å². The van der Waals surface area contributed by atoms with Crippen LogP contribution >= 0.6 is 0 Å². The molecule has 2 rings (SSSR count). The highest BCUT2D eigenvalue weighted by Gasteiger charge is 2.29. The topological polar surface area (TPSA) is 70.4 Å². The molecule has 0 amide bonds. The Morgan fingerprint density at radius 3 is 2.65 bits per heavy atom. The monoisotopic (exact) mass is 278 g/mol. The van der Waals surface area contributed by atoms with E-state index in [9.17, 15) is 10.1 Å². The largest absolute Gasteiger partial charge is 0.382 e. The van der Waals surface area contributed by atoms with Crippen molar-refractivity contribution >= 4 is 17.1 Å². The Morgan fingerprint density at radius 2 is 2.10 bits per heavy atom. The SMILES string of the molecule is CNc1cccc(NCC(C)N(C)C2CC2)c1[N+](=O)[O-]. The normalized spacial score (nSPS) is 16.0. The molecule has 1 aliphatic rings. The van der Waals surface area contributed by atoms with Gasteiger partial charge in [-0.3, -0.25) is 15.0 Å². The predicted molar refractivity (Wildman–Crippen MR) is 81.4 cm³/mol. The molecule has 0 heterocycles. The molecule has 1 aliphatic carbocycles.